The second kappa shape index (κ2) is 75.9. The zero-order chi connectivity index (χ0) is 76.0. The highest BCUT2D eigenvalue weighted by atomic mass is 31.2. The fourth-order valence-corrected chi connectivity index (χ4v) is 11.6. The predicted molar refractivity (Wildman–Crippen MR) is 427 cm³/mol. The molecule has 0 rings (SSSR count). The highest BCUT2D eigenvalue weighted by molar-refractivity contribution is 7.47. The third-order valence-electron chi connectivity index (χ3n) is 16.0. The number of hydrogen-bond acceptors (Lipinski definition) is 15. The molecule has 104 heavy (non-hydrogen) atoms. The summed E-state index contributed by atoms with van der Waals surface area (Å²) in [6, 6.07) is 0. The zero-order valence-electron chi connectivity index (χ0n) is 64.6. The molecule has 5 unspecified atom stereocenters. The summed E-state index contributed by atoms with van der Waals surface area (Å²) in [5, 5.41) is 10.6. The Kier molecular flexibility index (Phi) is 72.0. The van der Waals surface area contributed by atoms with Gasteiger partial charge >= 0.3 is 39.5 Å². The molecule has 0 aromatic rings. The van der Waals surface area contributed by atoms with Crippen molar-refractivity contribution in [1.29, 1.82) is 0 Å². The lowest BCUT2D eigenvalue weighted by atomic mass is 10.1. The Bertz CT molecular complexity index is 2590. The summed E-state index contributed by atoms with van der Waals surface area (Å²) in [6.07, 6.45) is 88.3. The van der Waals surface area contributed by atoms with Crippen LogP contribution in [-0.4, -0.2) is 96.7 Å². The first-order chi connectivity index (χ1) is 50.7. The number of phosphoric acid groups is 2. The van der Waals surface area contributed by atoms with Gasteiger partial charge in [0.2, 0.25) is 0 Å². The van der Waals surface area contributed by atoms with Crippen LogP contribution in [0.3, 0.4) is 0 Å². The van der Waals surface area contributed by atoms with Crippen molar-refractivity contribution < 1.29 is 80.2 Å². The summed E-state index contributed by atoms with van der Waals surface area (Å²) >= 11 is 0. The van der Waals surface area contributed by atoms with Gasteiger partial charge in [-0.15, -0.1) is 0 Å². The molecule has 19 heteroatoms. The molecule has 0 aromatic heterocycles. The number of unbranched alkanes of at least 4 members (excludes halogenated alkanes) is 22. The topological polar surface area (TPSA) is 237 Å². The molecule has 0 aliphatic heterocycles. The van der Waals surface area contributed by atoms with Gasteiger partial charge in [-0.05, 0) is 148 Å². The lowest BCUT2D eigenvalue weighted by Crippen LogP contribution is -2.30. The molecular formula is C85H140O17P2. The van der Waals surface area contributed by atoms with Crippen LogP contribution >= 0.6 is 15.6 Å². The molecule has 0 aliphatic rings. The fraction of sp³-hybridized carbons (Fsp3) is 0.647. The average Bonchev–Trinajstić information content (AvgIpc) is 1.21. The largest absolute Gasteiger partial charge is 0.472 e. The van der Waals surface area contributed by atoms with E-state index in [4.69, 9.17) is 37.0 Å². The van der Waals surface area contributed by atoms with Crippen LogP contribution in [0.2, 0.25) is 0 Å². The predicted octanol–water partition coefficient (Wildman–Crippen LogP) is 23.2. The molecule has 0 amide bonds. The van der Waals surface area contributed by atoms with Gasteiger partial charge in [-0.2, -0.15) is 0 Å². The number of phosphoric ester groups is 2. The molecule has 0 aliphatic carbocycles. The van der Waals surface area contributed by atoms with Crippen molar-refractivity contribution >= 4 is 39.5 Å². The molecule has 0 saturated heterocycles. The highest BCUT2D eigenvalue weighted by Crippen LogP contribution is 2.45. The van der Waals surface area contributed by atoms with Crippen molar-refractivity contribution in [1.82, 2.24) is 0 Å². The molecular weight excluding hydrogens is 1350 g/mol. The molecule has 3 N–H and O–H groups in total. The van der Waals surface area contributed by atoms with Crippen LogP contribution in [-0.2, 0) is 65.4 Å². The monoisotopic (exact) mass is 1490 g/mol. The van der Waals surface area contributed by atoms with Crippen LogP contribution < -0.4 is 0 Å². The Balaban J connectivity index is 5.47. The van der Waals surface area contributed by atoms with E-state index < -0.39 is 97.5 Å². The number of hydrogen-bond donors (Lipinski definition) is 3. The van der Waals surface area contributed by atoms with E-state index in [1.165, 1.54) is 38.5 Å². The summed E-state index contributed by atoms with van der Waals surface area (Å²) in [5.41, 5.74) is 0. The maximum Gasteiger partial charge on any atom is 0.472 e. The van der Waals surface area contributed by atoms with Gasteiger partial charge in [0, 0.05) is 19.3 Å². The van der Waals surface area contributed by atoms with Gasteiger partial charge in [-0.25, -0.2) is 9.13 Å². The number of esters is 4. The zero-order valence-corrected chi connectivity index (χ0v) is 66.4. The Morgan fingerprint density at radius 2 is 0.538 bits per heavy atom. The second-order valence-electron chi connectivity index (χ2n) is 25.9. The van der Waals surface area contributed by atoms with Gasteiger partial charge in [0.05, 0.1) is 32.8 Å². The number of ether oxygens (including phenoxy) is 4. The molecule has 592 valence electrons. The van der Waals surface area contributed by atoms with Crippen LogP contribution in [0.5, 0.6) is 0 Å². The van der Waals surface area contributed by atoms with Gasteiger partial charge in [0.25, 0.3) is 0 Å². The Hall–Kier alpha value is -5.32. The number of carbonyl (C=O) groups is 4. The third kappa shape index (κ3) is 74.9. The Morgan fingerprint density at radius 3 is 0.865 bits per heavy atom. The molecule has 0 fully saturated rings. The first kappa shape index (κ1) is 98.7. The second-order valence-corrected chi connectivity index (χ2v) is 28.8. The van der Waals surface area contributed by atoms with Crippen molar-refractivity contribution in [3.05, 3.63) is 158 Å². The van der Waals surface area contributed by atoms with E-state index in [1.54, 1.807) is 12.2 Å². The van der Waals surface area contributed by atoms with Crippen LogP contribution in [0.15, 0.2) is 158 Å². The van der Waals surface area contributed by atoms with Gasteiger partial charge < -0.3 is 33.8 Å². The quantitative estimate of drug-likeness (QED) is 0.0169. The summed E-state index contributed by atoms with van der Waals surface area (Å²) in [6.45, 7) is 4.37. The van der Waals surface area contributed by atoms with Gasteiger partial charge in [0.1, 0.15) is 19.3 Å². The van der Waals surface area contributed by atoms with Crippen molar-refractivity contribution in [2.45, 2.75) is 316 Å². The standard InChI is InChI=1S/C85H140O17P2/c1-5-9-13-17-21-25-29-33-37-39-43-45-49-53-57-61-65-69-82(87)95-75-80(101-84(89)71-67-63-59-55-51-47-41-35-31-27-23-19-15-11-7-3)77-99-103(91,92)97-73-79(86)74-98-104(93,94)100-78-81(102-85(90)72-68-64-60-56-52-48-42-36-32-28-24-20-16-12-8-4)76-96-83(88)70-66-62-58-54-50-46-44-40-38-34-30-26-22-18-14-10-6-2/h9-11,13-15,21-23,25-27,33-38,41-42,44,46,51,55,63,67,79-81,86H,5-8,12,16-20,24,28-32,39-40,43,45,47-50,52-54,56-62,64-66,68-78H2,1-4H3,(H,91,92)(H,93,94)/b13-9-,14-10-,15-11-,25-21-,26-22-,27-23-,37-33-,38-34-,41-35-,42-36-,46-44-,55-51-,67-63-. The number of allylic oxidation sites excluding steroid dienone is 25. The van der Waals surface area contributed by atoms with Crippen molar-refractivity contribution in [2.75, 3.05) is 39.6 Å². The highest BCUT2D eigenvalue weighted by Gasteiger charge is 2.30. The van der Waals surface area contributed by atoms with Crippen molar-refractivity contribution in [3.63, 3.8) is 0 Å². The van der Waals surface area contributed by atoms with Gasteiger partial charge in [-0.1, -0.05) is 282 Å². The SMILES string of the molecule is CC/C=C\C/C=C\C/C=C\C/C=C\C/C=C\CC(=O)OC(COC(=O)CCCCCCCCC/C=C\C/C=C\C/C=C\CC)COP(=O)(O)OCC(O)COP(=O)(O)OCC(COC(=O)CCCCCC/C=C\C/C=C\C/C=C\C/C=C\CC)OC(=O)CCCCCCC/C=C\CCCCCCCC. The van der Waals surface area contributed by atoms with Crippen molar-refractivity contribution in [3.8, 4) is 0 Å². The molecule has 5 atom stereocenters. The number of carbonyl (C=O) groups excluding carboxylic acids is 4. The average molecular weight is 1500 g/mol. The summed E-state index contributed by atoms with van der Waals surface area (Å²) in [7, 11) is -10.0. The number of rotatable bonds is 73. The van der Waals surface area contributed by atoms with E-state index in [2.05, 4.69) is 161 Å². The fourth-order valence-electron chi connectivity index (χ4n) is 10.1. The molecule has 0 spiro atoms. The molecule has 0 bridgehead atoms. The molecule has 0 heterocycles. The van der Waals surface area contributed by atoms with Crippen LogP contribution in [0.4, 0.5) is 0 Å². The smallest absolute Gasteiger partial charge is 0.462 e. The molecule has 17 nitrogen and oxygen atoms in total. The first-order valence-corrected chi connectivity index (χ1v) is 42.7. The maximum atomic E-state index is 13.1. The third-order valence-corrected chi connectivity index (χ3v) is 17.9. The van der Waals surface area contributed by atoms with Crippen molar-refractivity contribution in [2.24, 2.45) is 0 Å². The minimum Gasteiger partial charge on any atom is -0.462 e. The molecule has 0 aromatic carbocycles. The molecule has 0 radical (unpaired) electrons. The van der Waals surface area contributed by atoms with E-state index in [1.807, 2.05) is 12.2 Å². The van der Waals surface area contributed by atoms with E-state index in [-0.39, 0.29) is 25.7 Å². The van der Waals surface area contributed by atoms with Gasteiger partial charge in [-0.3, -0.25) is 37.3 Å². The minimum atomic E-state index is -5.01. The lowest BCUT2D eigenvalue weighted by molar-refractivity contribution is -0.161. The summed E-state index contributed by atoms with van der Waals surface area (Å²) in [5.74, 6) is -2.38. The van der Waals surface area contributed by atoms with Gasteiger partial charge in [0.15, 0.2) is 12.2 Å². The lowest BCUT2D eigenvalue weighted by Gasteiger charge is -2.21. The van der Waals surface area contributed by atoms with Crippen LogP contribution in [0.1, 0.15) is 297 Å². The Labute approximate surface area is 629 Å². The number of aliphatic hydroxyl groups is 1. The van der Waals surface area contributed by atoms with Crippen LogP contribution in [0.25, 0.3) is 0 Å². The van der Waals surface area contributed by atoms with Crippen LogP contribution in [0, 0.1) is 0 Å². The Morgan fingerprint density at radius 1 is 0.288 bits per heavy atom. The minimum absolute atomic E-state index is 0.0726. The summed E-state index contributed by atoms with van der Waals surface area (Å²) in [4.78, 5) is 73.0. The number of aliphatic hydroxyl groups excluding tert-OH is 1. The maximum absolute atomic E-state index is 13.1. The normalized spacial score (nSPS) is 14.7. The van der Waals surface area contributed by atoms with E-state index in [0.29, 0.717) is 25.7 Å². The summed E-state index contributed by atoms with van der Waals surface area (Å²) < 4.78 is 68.4. The first-order valence-electron chi connectivity index (χ1n) is 39.7. The van der Waals surface area contributed by atoms with E-state index in [0.717, 1.165) is 180 Å². The molecule has 0 saturated carbocycles. The van der Waals surface area contributed by atoms with E-state index in [9.17, 15) is 43.2 Å². The van der Waals surface area contributed by atoms with E-state index >= 15 is 0 Å².